The highest BCUT2D eigenvalue weighted by Crippen LogP contribution is 2.66. The molecule has 0 spiro atoms. The molecule has 0 amide bonds. The standard InChI is InChI=1S/C22H22N2O4/c1-22(2)20(14-6-10-16(11-7-14)23(25)26)18-4-3-5-19(18)21(22)15-8-12-17(13-9-15)24(27)28/h6-13,18-19H,3-5H2,1-2H3. The summed E-state index contributed by atoms with van der Waals surface area (Å²) >= 11 is 0. The van der Waals surface area contributed by atoms with E-state index in [1.807, 2.05) is 24.3 Å². The molecule has 6 heteroatoms. The van der Waals surface area contributed by atoms with Crippen LogP contribution in [0.1, 0.15) is 44.2 Å². The molecule has 4 rings (SSSR count). The minimum Gasteiger partial charge on any atom is -0.258 e. The van der Waals surface area contributed by atoms with Crippen molar-refractivity contribution in [2.45, 2.75) is 33.1 Å². The van der Waals surface area contributed by atoms with Crippen molar-refractivity contribution in [1.82, 2.24) is 0 Å². The highest BCUT2D eigenvalue weighted by Gasteiger charge is 2.58. The van der Waals surface area contributed by atoms with E-state index < -0.39 is 0 Å². The maximum Gasteiger partial charge on any atom is 0.269 e. The molecule has 144 valence electrons. The van der Waals surface area contributed by atoms with E-state index in [0.717, 1.165) is 30.4 Å². The molecule has 0 aromatic heterocycles. The summed E-state index contributed by atoms with van der Waals surface area (Å²) in [4.78, 5) is 21.3. The summed E-state index contributed by atoms with van der Waals surface area (Å²) in [5, 5.41) is 22.0. The number of nitro groups is 2. The quantitative estimate of drug-likeness (QED) is 0.519. The van der Waals surface area contributed by atoms with Gasteiger partial charge in [-0.15, -0.1) is 0 Å². The Morgan fingerprint density at radius 2 is 1.11 bits per heavy atom. The van der Waals surface area contributed by atoms with Crippen molar-refractivity contribution in [1.29, 1.82) is 0 Å². The monoisotopic (exact) mass is 378 g/mol. The van der Waals surface area contributed by atoms with Crippen LogP contribution in [-0.4, -0.2) is 9.85 Å². The molecule has 28 heavy (non-hydrogen) atoms. The molecule has 0 N–H and O–H groups in total. The van der Waals surface area contributed by atoms with Gasteiger partial charge < -0.3 is 0 Å². The van der Waals surface area contributed by atoms with Crippen molar-refractivity contribution in [3.63, 3.8) is 0 Å². The van der Waals surface area contributed by atoms with Crippen LogP contribution in [0, 0.1) is 49.3 Å². The van der Waals surface area contributed by atoms with E-state index in [4.69, 9.17) is 0 Å². The second-order valence-electron chi connectivity index (χ2n) is 8.20. The van der Waals surface area contributed by atoms with E-state index >= 15 is 0 Å². The van der Waals surface area contributed by atoms with Crippen LogP contribution in [0.2, 0.25) is 0 Å². The lowest BCUT2D eigenvalue weighted by Gasteiger charge is -2.35. The molecule has 2 aliphatic carbocycles. The lowest BCUT2D eigenvalue weighted by atomic mass is 9.68. The SMILES string of the molecule is CC1(C)[C](c2ccc([N+](=O)[O-])cc2)C2CCCC2[C]1c1ccc([N+](=O)[O-])cc1. The number of fused-ring (bicyclic) bond motifs is 1. The number of benzene rings is 2. The van der Waals surface area contributed by atoms with Gasteiger partial charge in [-0.2, -0.15) is 0 Å². The molecule has 2 aliphatic rings. The minimum absolute atomic E-state index is 0.0997. The Morgan fingerprint density at radius 3 is 1.43 bits per heavy atom. The first-order chi connectivity index (χ1) is 13.3. The third-order valence-corrected chi connectivity index (χ3v) is 6.38. The van der Waals surface area contributed by atoms with Crippen LogP contribution in [0.3, 0.4) is 0 Å². The maximum atomic E-state index is 11.0. The molecule has 2 saturated carbocycles. The van der Waals surface area contributed by atoms with Gasteiger partial charge in [0.15, 0.2) is 0 Å². The number of nitro benzene ring substituents is 2. The molecule has 0 bridgehead atoms. The van der Waals surface area contributed by atoms with Crippen LogP contribution >= 0.6 is 0 Å². The van der Waals surface area contributed by atoms with Gasteiger partial charge in [-0.1, -0.05) is 44.5 Å². The number of nitrogens with zero attached hydrogens (tertiary/aromatic N) is 2. The highest BCUT2D eigenvalue weighted by atomic mass is 16.6. The van der Waals surface area contributed by atoms with Gasteiger partial charge in [0.2, 0.25) is 0 Å². The zero-order valence-electron chi connectivity index (χ0n) is 15.9. The summed E-state index contributed by atoms with van der Waals surface area (Å²) in [6.45, 7) is 4.41. The average molecular weight is 378 g/mol. The van der Waals surface area contributed by atoms with Gasteiger partial charge in [0.05, 0.1) is 9.85 Å². The normalized spacial score (nSPS) is 24.2. The summed E-state index contributed by atoms with van der Waals surface area (Å²) in [6, 6.07) is 13.8. The van der Waals surface area contributed by atoms with E-state index in [1.54, 1.807) is 24.3 Å². The van der Waals surface area contributed by atoms with Crippen LogP contribution in [0.25, 0.3) is 0 Å². The van der Waals surface area contributed by atoms with E-state index in [0.29, 0.717) is 11.8 Å². The minimum atomic E-state index is -0.374. The van der Waals surface area contributed by atoms with Crippen LogP contribution in [0.5, 0.6) is 0 Å². The molecule has 0 heterocycles. The molecule has 2 fully saturated rings. The van der Waals surface area contributed by atoms with Crippen LogP contribution in [0.15, 0.2) is 48.5 Å². The van der Waals surface area contributed by atoms with Crippen molar-refractivity contribution in [2.24, 2.45) is 17.3 Å². The molecule has 0 aliphatic heterocycles. The molecular weight excluding hydrogens is 356 g/mol. The smallest absolute Gasteiger partial charge is 0.258 e. The lowest BCUT2D eigenvalue weighted by molar-refractivity contribution is -0.385. The van der Waals surface area contributed by atoms with E-state index in [2.05, 4.69) is 13.8 Å². The molecule has 6 nitrogen and oxygen atoms in total. The fourth-order valence-electron chi connectivity index (χ4n) is 5.40. The summed E-state index contributed by atoms with van der Waals surface area (Å²) < 4.78 is 0. The fourth-order valence-corrected chi connectivity index (χ4v) is 5.40. The largest absolute Gasteiger partial charge is 0.269 e. The van der Waals surface area contributed by atoms with E-state index in [9.17, 15) is 20.2 Å². The molecule has 2 unspecified atom stereocenters. The number of non-ortho nitro benzene ring substituents is 2. The third kappa shape index (κ3) is 2.87. The first-order valence-electron chi connectivity index (χ1n) is 9.55. The van der Waals surface area contributed by atoms with Gasteiger partial charge in [-0.25, -0.2) is 0 Å². The summed E-state index contributed by atoms with van der Waals surface area (Å²) in [6.07, 6.45) is 3.37. The van der Waals surface area contributed by atoms with Crippen molar-refractivity contribution in [3.05, 3.63) is 91.7 Å². The number of hydrogen-bond donors (Lipinski definition) is 0. The zero-order valence-corrected chi connectivity index (χ0v) is 15.9. The van der Waals surface area contributed by atoms with E-state index in [1.165, 1.54) is 11.8 Å². The van der Waals surface area contributed by atoms with Gasteiger partial charge in [-0.3, -0.25) is 20.2 Å². The Balaban J connectivity index is 1.73. The number of hydrogen-bond acceptors (Lipinski definition) is 4. The van der Waals surface area contributed by atoms with Crippen LogP contribution in [0.4, 0.5) is 11.4 Å². The van der Waals surface area contributed by atoms with E-state index in [-0.39, 0.29) is 26.6 Å². The summed E-state index contributed by atoms with van der Waals surface area (Å²) in [5.74, 6) is 3.50. The fraction of sp³-hybridized carbons (Fsp3) is 0.364. The molecule has 2 atom stereocenters. The highest BCUT2D eigenvalue weighted by molar-refractivity contribution is 5.54. The predicted molar refractivity (Wildman–Crippen MR) is 105 cm³/mol. The summed E-state index contributed by atoms with van der Waals surface area (Å²) in [5.41, 5.74) is 2.11. The average Bonchev–Trinajstić information content (AvgIpc) is 3.18. The third-order valence-electron chi connectivity index (χ3n) is 6.38. The molecule has 0 saturated heterocycles. The topological polar surface area (TPSA) is 86.3 Å². The van der Waals surface area contributed by atoms with Gasteiger partial charge in [0.1, 0.15) is 0 Å². The Bertz CT molecular complexity index is 832. The van der Waals surface area contributed by atoms with Gasteiger partial charge in [0, 0.05) is 36.1 Å². The lowest BCUT2D eigenvalue weighted by Crippen LogP contribution is -2.26. The predicted octanol–water partition coefficient (Wildman–Crippen LogP) is 5.50. The van der Waals surface area contributed by atoms with Crippen molar-refractivity contribution in [3.8, 4) is 0 Å². The zero-order chi connectivity index (χ0) is 20.1. The number of rotatable bonds is 4. The summed E-state index contributed by atoms with van der Waals surface area (Å²) in [7, 11) is 0. The Kier molecular flexibility index (Phi) is 4.44. The Labute approximate surface area is 163 Å². The van der Waals surface area contributed by atoms with Gasteiger partial charge >= 0.3 is 0 Å². The second kappa shape index (κ2) is 6.69. The first kappa shape index (κ1) is 18.6. The maximum absolute atomic E-state index is 11.0. The molecule has 2 aromatic rings. The van der Waals surface area contributed by atoms with Crippen molar-refractivity contribution in [2.75, 3.05) is 0 Å². The van der Waals surface area contributed by atoms with Crippen LogP contribution in [-0.2, 0) is 0 Å². The van der Waals surface area contributed by atoms with Crippen molar-refractivity contribution >= 4 is 11.4 Å². The molecular formula is C22H22N2O4. The van der Waals surface area contributed by atoms with Crippen LogP contribution < -0.4 is 0 Å². The second-order valence-corrected chi connectivity index (χ2v) is 8.20. The van der Waals surface area contributed by atoms with Gasteiger partial charge in [-0.05, 0) is 41.2 Å². The Hall–Kier alpha value is -2.76. The first-order valence-corrected chi connectivity index (χ1v) is 9.55. The van der Waals surface area contributed by atoms with Crippen molar-refractivity contribution < 1.29 is 9.85 Å². The molecule has 2 radical (unpaired) electrons. The Morgan fingerprint density at radius 1 is 0.750 bits per heavy atom. The van der Waals surface area contributed by atoms with Gasteiger partial charge in [0.25, 0.3) is 11.4 Å². The molecule has 2 aromatic carbocycles.